The van der Waals surface area contributed by atoms with Crippen molar-refractivity contribution < 1.29 is 4.74 Å². The van der Waals surface area contributed by atoms with Crippen molar-refractivity contribution in [3.63, 3.8) is 0 Å². The van der Waals surface area contributed by atoms with Crippen LogP contribution in [0.4, 0.5) is 0 Å². The number of aliphatic imine (C=N–C) groups is 1. The van der Waals surface area contributed by atoms with Crippen molar-refractivity contribution in [2.75, 3.05) is 19.7 Å². The van der Waals surface area contributed by atoms with Gasteiger partial charge >= 0.3 is 0 Å². The highest BCUT2D eigenvalue weighted by Gasteiger charge is 2.04. The largest absolute Gasteiger partial charge is 0.493 e. The first-order valence-electron chi connectivity index (χ1n) is 6.97. The number of ether oxygens (including phenoxy) is 1. The third kappa shape index (κ3) is 4.26. The second kappa shape index (κ2) is 6.93. The van der Waals surface area contributed by atoms with E-state index in [9.17, 15) is 0 Å². The Kier molecular flexibility index (Phi) is 4.98. The lowest BCUT2D eigenvalue weighted by molar-refractivity contribution is 0.271. The molecule has 0 aliphatic carbocycles. The quantitative estimate of drug-likeness (QED) is 0.638. The van der Waals surface area contributed by atoms with Crippen LogP contribution >= 0.6 is 0 Å². The van der Waals surface area contributed by atoms with Gasteiger partial charge in [0.25, 0.3) is 0 Å². The molecule has 0 bridgehead atoms. The molecule has 1 aliphatic rings. The van der Waals surface area contributed by atoms with Crippen LogP contribution in [0.1, 0.15) is 26.3 Å². The second-order valence-corrected chi connectivity index (χ2v) is 5.20. The van der Waals surface area contributed by atoms with Crippen LogP contribution in [-0.2, 0) is 0 Å². The number of benzene rings is 1. The summed E-state index contributed by atoms with van der Waals surface area (Å²) < 4.78 is 5.66. The van der Waals surface area contributed by atoms with Gasteiger partial charge in [-0.05, 0) is 42.7 Å². The number of nitrogens with zero attached hydrogens (tertiary/aromatic N) is 2. The van der Waals surface area contributed by atoms with E-state index in [1.165, 1.54) is 0 Å². The highest BCUT2D eigenvalue weighted by Crippen LogP contribution is 2.13. The summed E-state index contributed by atoms with van der Waals surface area (Å²) >= 11 is 0. The first-order chi connectivity index (χ1) is 9.65. The zero-order valence-corrected chi connectivity index (χ0v) is 12.3. The van der Waals surface area contributed by atoms with Gasteiger partial charge < -0.3 is 10.1 Å². The normalized spacial score (nSPS) is 15.0. The van der Waals surface area contributed by atoms with Gasteiger partial charge in [0.15, 0.2) is 0 Å². The fourth-order valence-corrected chi connectivity index (χ4v) is 1.73. The summed E-state index contributed by atoms with van der Waals surface area (Å²) in [5.41, 5.74) is 4.91. The average molecular weight is 274 g/mol. The number of guanidine groups is 1. The molecule has 1 aliphatic heterocycles. The molecule has 1 aromatic carbocycles. The maximum Gasteiger partial charge on any atom is 0.212 e. The zero-order chi connectivity index (χ0) is 14.4. The van der Waals surface area contributed by atoms with Crippen molar-refractivity contribution in [2.24, 2.45) is 16.0 Å². The molecule has 0 aromatic heterocycles. The van der Waals surface area contributed by atoms with E-state index in [4.69, 9.17) is 4.74 Å². The molecular weight excluding hydrogens is 252 g/mol. The summed E-state index contributed by atoms with van der Waals surface area (Å²) in [6.45, 7) is 8.65. The smallest absolute Gasteiger partial charge is 0.212 e. The van der Waals surface area contributed by atoms with Crippen molar-refractivity contribution in [3.05, 3.63) is 29.8 Å². The van der Waals surface area contributed by atoms with Gasteiger partial charge in [0.1, 0.15) is 5.75 Å². The summed E-state index contributed by atoms with van der Waals surface area (Å²) in [7, 11) is 0. The van der Waals surface area contributed by atoms with Crippen LogP contribution in [0.15, 0.2) is 34.4 Å². The van der Waals surface area contributed by atoms with Crippen LogP contribution in [0.25, 0.3) is 0 Å². The number of hydrazone groups is 1. The molecule has 0 radical (unpaired) electrons. The van der Waals surface area contributed by atoms with Crippen LogP contribution in [0, 0.1) is 5.92 Å². The Labute approximate surface area is 120 Å². The fraction of sp³-hybridized carbons (Fsp3) is 0.467. The maximum atomic E-state index is 5.66. The molecule has 5 heteroatoms. The van der Waals surface area contributed by atoms with Crippen LogP contribution in [-0.4, -0.2) is 31.4 Å². The second-order valence-electron chi connectivity index (χ2n) is 5.20. The van der Waals surface area contributed by atoms with Crippen LogP contribution in [0.2, 0.25) is 0 Å². The van der Waals surface area contributed by atoms with E-state index in [0.29, 0.717) is 5.92 Å². The van der Waals surface area contributed by atoms with E-state index in [-0.39, 0.29) is 0 Å². The van der Waals surface area contributed by atoms with Gasteiger partial charge in [0.05, 0.1) is 18.9 Å². The Morgan fingerprint density at radius 1 is 1.40 bits per heavy atom. The van der Waals surface area contributed by atoms with Crippen molar-refractivity contribution in [1.29, 1.82) is 0 Å². The molecule has 2 rings (SSSR count). The number of hydrogen-bond acceptors (Lipinski definition) is 5. The van der Waals surface area contributed by atoms with Crippen LogP contribution in [0.5, 0.6) is 5.75 Å². The summed E-state index contributed by atoms with van der Waals surface area (Å²) in [6.07, 6.45) is 0. The van der Waals surface area contributed by atoms with Gasteiger partial charge in [0, 0.05) is 6.54 Å². The standard InChI is InChI=1S/C15H22N4O/c1-11(2)10-20-14-6-4-13(5-7-14)12(3)18-19-15-16-8-9-17-15/h4-7,11H,8-10H2,1-3H3,(H2,16,17,19). The van der Waals surface area contributed by atoms with Gasteiger partial charge in [-0.15, -0.1) is 0 Å². The average Bonchev–Trinajstić information content (AvgIpc) is 2.96. The van der Waals surface area contributed by atoms with E-state index in [1.54, 1.807) is 0 Å². The summed E-state index contributed by atoms with van der Waals surface area (Å²) in [5.74, 6) is 2.16. The third-order valence-corrected chi connectivity index (χ3v) is 2.86. The Balaban J connectivity index is 1.92. The molecule has 2 N–H and O–H groups in total. The number of rotatable bonds is 5. The molecule has 108 valence electrons. The fourth-order valence-electron chi connectivity index (χ4n) is 1.73. The topological polar surface area (TPSA) is 58.0 Å². The first kappa shape index (κ1) is 14.4. The molecule has 20 heavy (non-hydrogen) atoms. The predicted molar refractivity (Wildman–Crippen MR) is 82.4 cm³/mol. The molecule has 0 atom stereocenters. The molecule has 0 fully saturated rings. The van der Waals surface area contributed by atoms with Crippen molar-refractivity contribution in [1.82, 2.24) is 10.7 Å². The molecular formula is C15H22N4O. The summed E-state index contributed by atoms with van der Waals surface area (Å²) in [5, 5.41) is 7.42. The maximum absolute atomic E-state index is 5.66. The van der Waals surface area contributed by atoms with Gasteiger partial charge in [-0.25, -0.2) is 10.4 Å². The lowest BCUT2D eigenvalue weighted by Crippen LogP contribution is -2.30. The van der Waals surface area contributed by atoms with Crippen LogP contribution in [0.3, 0.4) is 0 Å². The minimum atomic E-state index is 0.530. The molecule has 0 saturated carbocycles. The van der Waals surface area contributed by atoms with Gasteiger partial charge in [-0.2, -0.15) is 5.10 Å². The molecule has 1 heterocycles. The van der Waals surface area contributed by atoms with Gasteiger partial charge in [-0.1, -0.05) is 13.8 Å². The highest BCUT2D eigenvalue weighted by molar-refractivity contribution is 5.99. The number of nitrogens with one attached hydrogen (secondary N) is 2. The Bertz CT molecular complexity index is 491. The van der Waals surface area contributed by atoms with Gasteiger partial charge in [0.2, 0.25) is 5.96 Å². The molecule has 5 nitrogen and oxygen atoms in total. The van der Waals surface area contributed by atoms with E-state index in [2.05, 4.69) is 34.7 Å². The van der Waals surface area contributed by atoms with E-state index >= 15 is 0 Å². The lowest BCUT2D eigenvalue weighted by Gasteiger charge is -2.09. The third-order valence-electron chi connectivity index (χ3n) is 2.86. The minimum absolute atomic E-state index is 0.530. The predicted octanol–water partition coefficient (Wildman–Crippen LogP) is 1.99. The molecule has 0 spiro atoms. The van der Waals surface area contributed by atoms with E-state index < -0.39 is 0 Å². The minimum Gasteiger partial charge on any atom is -0.493 e. The van der Waals surface area contributed by atoms with Crippen molar-refractivity contribution in [2.45, 2.75) is 20.8 Å². The zero-order valence-electron chi connectivity index (χ0n) is 12.3. The van der Waals surface area contributed by atoms with Crippen molar-refractivity contribution >= 4 is 11.7 Å². The SMILES string of the molecule is CC(=NNC1=NCCN1)c1ccc(OCC(C)C)cc1. The van der Waals surface area contributed by atoms with Gasteiger partial charge in [-0.3, -0.25) is 0 Å². The Morgan fingerprint density at radius 3 is 2.75 bits per heavy atom. The molecule has 0 saturated heterocycles. The van der Waals surface area contributed by atoms with E-state index in [0.717, 1.165) is 42.7 Å². The lowest BCUT2D eigenvalue weighted by atomic mass is 10.1. The number of hydrogen-bond donors (Lipinski definition) is 2. The Morgan fingerprint density at radius 2 is 2.15 bits per heavy atom. The monoisotopic (exact) mass is 274 g/mol. The highest BCUT2D eigenvalue weighted by atomic mass is 16.5. The van der Waals surface area contributed by atoms with E-state index in [1.807, 2.05) is 31.2 Å². The first-order valence-corrected chi connectivity index (χ1v) is 6.97. The Hall–Kier alpha value is -2.04. The molecule has 1 aromatic rings. The molecule has 0 unspecified atom stereocenters. The summed E-state index contributed by atoms with van der Waals surface area (Å²) in [4.78, 5) is 4.22. The molecule has 0 amide bonds. The summed E-state index contributed by atoms with van der Waals surface area (Å²) in [6, 6.07) is 7.98. The van der Waals surface area contributed by atoms with Crippen LogP contribution < -0.4 is 15.5 Å². The van der Waals surface area contributed by atoms with Crippen molar-refractivity contribution in [3.8, 4) is 5.75 Å².